The van der Waals surface area contributed by atoms with E-state index in [1.54, 1.807) is 0 Å². The van der Waals surface area contributed by atoms with Gasteiger partial charge >= 0.3 is 0 Å². The molecule has 0 amide bonds. The van der Waals surface area contributed by atoms with Crippen LogP contribution >= 0.6 is 0 Å². The van der Waals surface area contributed by atoms with Crippen LogP contribution in [0.25, 0.3) is 0 Å². The average Bonchev–Trinajstić information content (AvgIpc) is 2.77. The molecule has 1 atom stereocenters. The van der Waals surface area contributed by atoms with Gasteiger partial charge in [0.05, 0.1) is 0 Å². The van der Waals surface area contributed by atoms with Gasteiger partial charge in [-0.3, -0.25) is 0 Å². The van der Waals surface area contributed by atoms with Crippen LogP contribution in [0.4, 0.5) is 5.82 Å². The van der Waals surface area contributed by atoms with Crippen molar-refractivity contribution in [3.05, 3.63) is 23.9 Å². The molecule has 2 heterocycles. The maximum atomic E-state index is 4.48. The van der Waals surface area contributed by atoms with E-state index in [2.05, 4.69) is 28.9 Å². The molecule has 0 N–H and O–H groups in total. The lowest BCUT2D eigenvalue weighted by atomic mass is 10.0. The van der Waals surface area contributed by atoms with Gasteiger partial charge < -0.3 is 9.80 Å². The quantitative estimate of drug-likeness (QED) is 0.774. The first-order valence-corrected chi connectivity index (χ1v) is 6.06. The maximum absolute atomic E-state index is 4.48. The van der Waals surface area contributed by atoms with E-state index < -0.39 is 0 Å². The van der Waals surface area contributed by atoms with Gasteiger partial charge in [-0.1, -0.05) is 13.0 Å². The third-order valence-corrected chi connectivity index (χ3v) is 3.42. The number of anilines is 1. The molecule has 1 aliphatic rings. The third kappa shape index (κ3) is 2.35. The number of rotatable bonds is 3. The zero-order valence-corrected chi connectivity index (χ0v) is 10.5. The molecule has 1 fully saturated rings. The van der Waals surface area contributed by atoms with Crippen LogP contribution in [0.5, 0.6) is 0 Å². The summed E-state index contributed by atoms with van der Waals surface area (Å²) in [5.41, 5.74) is 1.39. The molecule has 1 aromatic rings. The van der Waals surface area contributed by atoms with E-state index in [9.17, 15) is 0 Å². The zero-order valence-electron chi connectivity index (χ0n) is 10.5. The largest absolute Gasteiger partial charge is 0.363 e. The van der Waals surface area contributed by atoms with Crippen LogP contribution in [-0.4, -0.2) is 43.6 Å². The third-order valence-electron chi connectivity index (χ3n) is 3.42. The Morgan fingerprint density at radius 3 is 2.75 bits per heavy atom. The minimum absolute atomic E-state index is 0.684. The molecule has 0 aliphatic carbocycles. The zero-order chi connectivity index (χ0) is 11.5. The van der Waals surface area contributed by atoms with Crippen molar-refractivity contribution in [3.63, 3.8) is 0 Å². The minimum atomic E-state index is 0.684. The van der Waals surface area contributed by atoms with Crippen LogP contribution in [-0.2, 0) is 0 Å². The number of hydrogen-bond acceptors (Lipinski definition) is 3. The van der Waals surface area contributed by atoms with E-state index in [-0.39, 0.29) is 0 Å². The summed E-state index contributed by atoms with van der Waals surface area (Å²) in [5.74, 6) is 1.72. The summed E-state index contributed by atoms with van der Waals surface area (Å²) >= 11 is 0. The van der Waals surface area contributed by atoms with Gasteiger partial charge in [-0.2, -0.15) is 0 Å². The van der Waals surface area contributed by atoms with E-state index in [4.69, 9.17) is 0 Å². The monoisotopic (exact) mass is 219 g/mol. The van der Waals surface area contributed by atoms with E-state index >= 15 is 0 Å². The van der Waals surface area contributed by atoms with E-state index in [1.807, 2.05) is 25.2 Å². The van der Waals surface area contributed by atoms with Crippen LogP contribution in [0.15, 0.2) is 18.3 Å². The lowest BCUT2D eigenvalue weighted by molar-refractivity contribution is 0.354. The molecular formula is C13H21N3. The Hall–Kier alpha value is -1.09. The SMILES string of the molecule is CCN1CCC(c2ccc(N(C)C)nc2)C1. The molecule has 0 radical (unpaired) electrons. The summed E-state index contributed by atoms with van der Waals surface area (Å²) in [4.78, 5) is 9.02. The highest BCUT2D eigenvalue weighted by molar-refractivity contribution is 5.38. The van der Waals surface area contributed by atoms with Crippen LogP contribution in [0.2, 0.25) is 0 Å². The van der Waals surface area contributed by atoms with Gasteiger partial charge in [0.15, 0.2) is 0 Å². The lowest BCUT2D eigenvalue weighted by Crippen LogP contribution is -2.19. The number of likely N-dealkylation sites (N-methyl/N-ethyl adjacent to an activating group) is 1. The molecule has 3 nitrogen and oxygen atoms in total. The Balaban J connectivity index is 2.05. The molecule has 1 aromatic heterocycles. The Morgan fingerprint density at radius 1 is 1.44 bits per heavy atom. The Bertz CT molecular complexity index is 332. The molecule has 0 spiro atoms. The number of nitrogens with zero attached hydrogens (tertiary/aromatic N) is 3. The normalized spacial score (nSPS) is 21.3. The number of pyridine rings is 1. The highest BCUT2D eigenvalue weighted by atomic mass is 15.1. The smallest absolute Gasteiger partial charge is 0.127 e. The predicted molar refractivity (Wildman–Crippen MR) is 68.0 cm³/mol. The Labute approximate surface area is 98.1 Å². The van der Waals surface area contributed by atoms with Crippen molar-refractivity contribution in [3.8, 4) is 0 Å². The second-order valence-corrected chi connectivity index (χ2v) is 4.72. The molecule has 16 heavy (non-hydrogen) atoms. The topological polar surface area (TPSA) is 19.4 Å². The molecule has 0 aromatic carbocycles. The maximum Gasteiger partial charge on any atom is 0.127 e. The van der Waals surface area contributed by atoms with Crippen molar-refractivity contribution in [2.45, 2.75) is 19.3 Å². The molecule has 0 saturated carbocycles. The summed E-state index contributed by atoms with van der Waals surface area (Å²) in [6, 6.07) is 4.34. The summed E-state index contributed by atoms with van der Waals surface area (Å²) < 4.78 is 0. The van der Waals surface area contributed by atoms with Gasteiger partial charge in [0.1, 0.15) is 5.82 Å². The second-order valence-electron chi connectivity index (χ2n) is 4.72. The number of hydrogen-bond donors (Lipinski definition) is 0. The van der Waals surface area contributed by atoms with Gasteiger partial charge in [0.25, 0.3) is 0 Å². The molecule has 2 rings (SSSR count). The number of likely N-dealkylation sites (tertiary alicyclic amines) is 1. The number of aromatic nitrogens is 1. The molecule has 0 bridgehead atoms. The van der Waals surface area contributed by atoms with Crippen molar-refractivity contribution >= 4 is 5.82 Å². The highest BCUT2D eigenvalue weighted by Gasteiger charge is 2.22. The van der Waals surface area contributed by atoms with Gasteiger partial charge in [-0.05, 0) is 37.1 Å². The van der Waals surface area contributed by atoms with Crippen molar-refractivity contribution in [2.75, 3.05) is 38.6 Å². The first-order chi connectivity index (χ1) is 7.70. The predicted octanol–water partition coefficient (Wildman–Crippen LogP) is 1.96. The molecule has 1 aliphatic heterocycles. The molecule has 1 saturated heterocycles. The Kier molecular flexibility index (Phi) is 3.44. The summed E-state index contributed by atoms with van der Waals surface area (Å²) in [6.07, 6.45) is 3.32. The van der Waals surface area contributed by atoms with Crippen LogP contribution in [0.3, 0.4) is 0 Å². The van der Waals surface area contributed by atoms with Crippen molar-refractivity contribution < 1.29 is 0 Å². The standard InChI is InChI=1S/C13H21N3/c1-4-16-8-7-12(10-16)11-5-6-13(14-9-11)15(2)3/h5-6,9,12H,4,7-8,10H2,1-3H3. The van der Waals surface area contributed by atoms with Crippen molar-refractivity contribution in [2.24, 2.45) is 0 Å². The van der Waals surface area contributed by atoms with Crippen LogP contribution in [0, 0.1) is 0 Å². The van der Waals surface area contributed by atoms with Gasteiger partial charge in [0.2, 0.25) is 0 Å². The molecule has 3 heteroatoms. The fraction of sp³-hybridized carbons (Fsp3) is 0.615. The summed E-state index contributed by atoms with van der Waals surface area (Å²) in [7, 11) is 4.05. The van der Waals surface area contributed by atoms with Crippen LogP contribution in [0.1, 0.15) is 24.8 Å². The highest BCUT2D eigenvalue weighted by Crippen LogP contribution is 2.26. The fourth-order valence-corrected chi connectivity index (χ4v) is 2.30. The molecule has 1 unspecified atom stereocenters. The Morgan fingerprint density at radius 2 is 2.25 bits per heavy atom. The first kappa shape index (κ1) is 11.4. The fourth-order valence-electron chi connectivity index (χ4n) is 2.30. The van der Waals surface area contributed by atoms with E-state index in [1.165, 1.54) is 31.6 Å². The van der Waals surface area contributed by atoms with E-state index in [0.717, 1.165) is 5.82 Å². The van der Waals surface area contributed by atoms with Crippen LogP contribution < -0.4 is 4.90 Å². The van der Waals surface area contributed by atoms with Crippen molar-refractivity contribution in [1.29, 1.82) is 0 Å². The van der Waals surface area contributed by atoms with Gasteiger partial charge in [0, 0.05) is 26.8 Å². The van der Waals surface area contributed by atoms with E-state index in [0.29, 0.717) is 5.92 Å². The van der Waals surface area contributed by atoms with Gasteiger partial charge in [-0.25, -0.2) is 4.98 Å². The van der Waals surface area contributed by atoms with Gasteiger partial charge in [-0.15, -0.1) is 0 Å². The lowest BCUT2D eigenvalue weighted by Gasteiger charge is -2.15. The summed E-state index contributed by atoms with van der Waals surface area (Å²) in [5, 5.41) is 0. The molecule has 88 valence electrons. The second kappa shape index (κ2) is 4.83. The van der Waals surface area contributed by atoms with Crippen molar-refractivity contribution in [1.82, 2.24) is 9.88 Å². The molecular weight excluding hydrogens is 198 g/mol. The first-order valence-electron chi connectivity index (χ1n) is 6.06. The summed E-state index contributed by atoms with van der Waals surface area (Å²) in [6.45, 7) is 5.82. The minimum Gasteiger partial charge on any atom is -0.363 e. The average molecular weight is 219 g/mol.